The van der Waals surface area contributed by atoms with Crippen molar-refractivity contribution in [1.82, 2.24) is 5.32 Å². The molecule has 0 heterocycles. The van der Waals surface area contributed by atoms with E-state index in [4.69, 9.17) is 14.2 Å². The third-order valence-corrected chi connectivity index (χ3v) is 3.38. The van der Waals surface area contributed by atoms with Gasteiger partial charge in [-0.25, -0.2) is 0 Å². The first-order valence-electron chi connectivity index (χ1n) is 8.29. The minimum Gasteiger partial charge on any atom is -0.497 e. The highest BCUT2D eigenvalue weighted by Gasteiger charge is 2.11. The highest BCUT2D eigenvalue weighted by Crippen LogP contribution is 2.25. The predicted octanol–water partition coefficient (Wildman–Crippen LogP) is 1.74. The van der Waals surface area contributed by atoms with Gasteiger partial charge in [-0.1, -0.05) is 13.8 Å². The van der Waals surface area contributed by atoms with E-state index < -0.39 is 18.5 Å². The molecule has 8 nitrogen and oxygen atoms in total. The summed E-state index contributed by atoms with van der Waals surface area (Å²) in [6.07, 6.45) is 1.09. The fourth-order valence-electron chi connectivity index (χ4n) is 1.95. The van der Waals surface area contributed by atoms with Gasteiger partial charge in [0.15, 0.2) is 6.61 Å². The van der Waals surface area contributed by atoms with E-state index in [2.05, 4.69) is 10.6 Å². The van der Waals surface area contributed by atoms with E-state index in [1.54, 1.807) is 18.2 Å². The van der Waals surface area contributed by atoms with Crippen LogP contribution in [0.3, 0.4) is 0 Å². The number of anilines is 1. The average Bonchev–Trinajstić information content (AvgIpc) is 2.62. The van der Waals surface area contributed by atoms with Gasteiger partial charge < -0.3 is 24.8 Å². The van der Waals surface area contributed by atoms with Gasteiger partial charge in [0.1, 0.15) is 18.0 Å². The largest absolute Gasteiger partial charge is 0.497 e. The quantitative estimate of drug-likeness (QED) is 0.612. The molecule has 0 aromatic heterocycles. The van der Waals surface area contributed by atoms with Crippen LogP contribution in [0.5, 0.6) is 11.5 Å². The van der Waals surface area contributed by atoms with Crippen molar-refractivity contribution in [3.05, 3.63) is 18.2 Å². The lowest BCUT2D eigenvalue weighted by Crippen LogP contribution is -2.32. The zero-order valence-corrected chi connectivity index (χ0v) is 15.6. The summed E-state index contributed by atoms with van der Waals surface area (Å²) >= 11 is 0. The lowest BCUT2D eigenvalue weighted by molar-refractivity contribution is -0.147. The second-order valence-electron chi connectivity index (χ2n) is 6.02. The van der Waals surface area contributed by atoms with Gasteiger partial charge in [0.05, 0.1) is 14.2 Å². The van der Waals surface area contributed by atoms with E-state index in [-0.39, 0.29) is 12.5 Å². The molecule has 0 aliphatic carbocycles. The summed E-state index contributed by atoms with van der Waals surface area (Å²) < 4.78 is 15.1. The Hall–Kier alpha value is -2.77. The molecule has 0 fully saturated rings. The van der Waals surface area contributed by atoms with Crippen molar-refractivity contribution in [2.24, 2.45) is 5.92 Å². The SMILES string of the molecule is COc1cc(NC(=O)COC(=O)CNC(=O)CCC(C)C)cc(OC)c1. The molecule has 0 saturated carbocycles. The number of benzene rings is 1. The molecule has 26 heavy (non-hydrogen) atoms. The summed E-state index contributed by atoms with van der Waals surface area (Å²) in [5.41, 5.74) is 0.448. The summed E-state index contributed by atoms with van der Waals surface area (Å²) in [7, 11) is 3.00. The van der Waals surface area contributed by atoms with E-state index >= 15 is 0 Å². The van der Waals surface area contributed by atoms with Crippen molar-refractivity contribution >= 4 is 23.5 Å². The normalized spacial score (nSPS) is 10.2. The monoisotopic (exact) mass is 366 g/mol. The number of carbonyl (C=O) groups excluding carboxylic acids is 3. The fraction of sp³-hybridized carbons (Fsp3) is 0.500. The number of methoxy groups -OCH3 is 2. The van der Waals surface area contributed by atoms with Crippen molar-refractivity contribution in [2.75, 3.05) is 32.7 Å². The summed E-state index contributed by atoms with van der Waals surface area (Å²) in [6, 6.07) is 4.88. The van der Waals surface area contributed by atoms with E-state index in [0.29, 0.717) is 29.5 Å². The van der Waals surface area contributed by atoms with E-state index in [1.165, 1.54) is 14.2 Å². The molecule has 8 heteroatoms. The van der Waals surface area contributed by atoms with Gasteiger partial charge >= 0.3 is 5.97 Å². The zero-order chi connectivity index (χ0) is 19.5. The molecule has 144 valence electrons. The third-order valence-electron chi connectivity index (χ3n) is 3.38. The summed E-state index contributed by atoms with van der Waals surface area (Å²) in [5, 5.41) is 5.04. The fourth-order valence-corrected chi connectivity index (χ4v) is 1.95. The molecule has 2 N–H and O–H groups in total. The van der Waals surface area contributed by atoms with Crippen molar-refractivity contribution < 1.29 is 28.6 Å². The zero-order valence-electron chi connectivity index (χ0n) is 15.6. The van der Waals surface area contributed by atoms with Gasteiger partial charge in [0, 0.05) is 30.3 Å². The minimum absolute atomic E-state index is 0.219. The Bertz CT molecular complexity index is 608. The summed E-state index contributed by atoms with van der Waals surface area (Å²) in [4.78, 5) is 35.0. The third kappa shape index (κ3) is 8.36. The van der Waals surface area contributed by atoms with Crippen molar-refractivity contribution in [3.8, 4) is 11.5 Å². The molecule has 1 aromatic carbocycles. The molecule has 1 aromatic rings. The maximum absolute atomic E-state index is 11.9. The van der Waals surface area contributed by atoms with Crippen LogP contribution in [0.25, 0.3) is 0 Å². The molecule has 0 unspecified atom stereocenters. The van der Waals surface area contributed by atoms with Crippen LogP contribution in [0.1, 0.15) is 26.7 Å². The van der Waals surface area contributed by atoms with Gasteiger partial charge in [0.25, 0.3) is 5.91 Å². The molecule has 1 rings (SSSR count). The Balaban J connectivity index is 2.37. The number of rotatable bonds is 10. The molecule has 0 bridgehead atoms. The maximum atomic E-state index is 11.9. The molecule has 0 saturated heterocycles. The molecule has 0 aliphatic heterocycles. The number of ether oxygens (including phenoxy) is 3. The molecule has 0 radical (unpaired) electrons. The lowest BCUT2D eigenvalue weighted by Gasteiger charge is -2.10. The smallest absolute Gasteiger partial charge is 0.325 e. The van der Waals surface area contributed by atoms with Crippen molar-refractivity contribution in [2.45, 2.75) is 26.7 Å². The summed E-state index contributed by atoms with van der Waals surface area (Å²) in [6.45, 7) is 3.30. The van der Waals surface area contributed by atoms with E-state index in [9.17, 15) is 14.4 Å². The topological polar surface area (TPSA) is 103 Å². The van der Waals surface area contributed by atoms with Gasteiger partial charge in [-0.05, 0) is 12.3 Å². The van der Waals surface area contributed by atoms with Gasteiger partial charge in [0.2, 0.25) is 5.91 Å². The Morgan fingerprint density at radius 1 is 1.00 bits per heavy atom. The number of amides is 2. The van der Waals surface area contributed by atoms with Gasteiger partial charge in [-0.15, -0.1) is 0 Å². The first-order chi connectivity index (χ1) is 12.3. The Morgan fingerprint density at radius 2 is 1.62 bits per heavy atom. The van der Waals surface area contributed by atoms with E-state index in [0.717, 1.165) is 6.42 Å². The maximum Gasteiger partial charge on any atom is 0.325 e. The molecule has 0 spiro atoms. The number of hydrogen-bond donors (Lipinski definition) is 2. The predicted molar refractivity (Wildman–Crippen MR) is 96.2 cm³/mol. The number of carbonyl (C=O) groups is 3. The lowest BCUT2D eigenvalue weighted by atomic mass is 10.1. The second kappa shape index (κ2) is 11.0. The van der Waals surface area contributed by atoms with Crippen molar-refractivity contribution in [1.29, 1.82) is 0 Å². The standard InChI is InChI=1S/C18H26N2O6/c1-12(2)5-6-16(21)19-10-18(23)26-11-17(22)20-13-7-14(24-3)9-15(8-13)25-4/h7-9,12H,5-6,10-11H2,1-4H3,(H,19,21)(H,20,22). The average molecular weight is 366 g/mol. The molecular weight excluding hydrogens is 340 g/mol. The van der Waals surface area contributed by atoms with Gasteiger partial charge in [-0.2, -0.15) is 0 Å². The first-order valence-corrected chi connectivity index (χ1v) is 8.29. The van der Waals surface area contributed by atoms with E-state index in [1.807, 2.05) is 13.8 Å². The number of esters is 1. The van der Waals surface area contributed by atoms with Crippen LogP contribution in [0.15, 0.2) is 18.2 Å². The first kappa shape index (κ1) is 21.3. The Kier molecular flexibility index (Phi) is 8.97. The second-order valence-corrected chi connectivity index (χ2v) is 6.02. The van der Waals surface area contributed by atoms with Crippen LogP contribution >= 0.6 is 0 Å². The Labute approximate surface area is 153 Å². The van der Waals surface area contributed by atoms with Crippen molar-refractivity contribution in [3.63, 3.8) is 0 Å². The molecular formula is C18H26N2O6. The molecule has 0 aliphatic rings. The Morgan fingerprint density at radius 3 is 2.15 bits per heavy atom. The minimum atomic E-state index is -0.679. The highest BCUT2D eigenvalue weighted by atomic mass is 16.5. The number of nitrogens with one attached hydrogen (secondary N) is 2. The van der Waals surface area contributed by atoms with Crippen LogP contribution in [0.4, 0.5) is 5.69 Å². The molecule has 2 amide bonds. The summed E-state index contributed by atoms with van der Waals surface area (Å²) in [5.74, 6) is 0.0257. The van der Waals surface area contributed by atoms with Crippen LogP contribution in [-0.2, 0) is 19.1 Å². The van der Waals surface area contributed by atoms with Gasteiger partial charge in [-0.3, -0.25) is 14.4 Å². The highest BCUT2D eigenvalue weighted by molar-refractivity contribution is 5.93. The van der Waals surface area contributed by atoms with Crippen LogP contribution in [0.2, 0.25) is 0 Å². The van der Waals surface area contributed by atoms with Crippen LogP contribution in [0, 0.1) is 5.92 Å². The molecule has 0 atom stereocenters. The van der Waals surface area contributed by atoms with Crippen LogP contribution < -0.4 is 20.1 Å². The van der Waals surface area contributed by atoms with Crippen LogP contribution in [-0.4, -0.2) is 45.2 Å². The number of hydrogen-bond acceptors (Lipinski definition) is 6.